The van der Waals surface area contributed by atoms with Crippen LogP contribution in [0, 0.1) is 22.8 Å². The van der Waals surface area contributed by atoms with Crippen molar-refractivity contribution in [2.45, 2.75) is 52.1 Å². The summed E-state index contributed by atoms with van der Waals surface area (Å²) in [5.74, 6) is 1.44. The first-order valence-corrected chi connectivity index (χ1v) is 7.88. The summed E-state index contributed by atoms with van der Waals surface area (Å²) in [5.41, 5.74) is 2.41. The number of fused-ring (bicyclic) bond motifs is 1. The predicted molar refractivity (Wildman–Crippen MR) is 88.8 cm³/mol. The highest BCUT2D eigenvalue weighted by Gasteiger charge is 2.48. The van der Waals surface area contributed by atoms with E-state index in [0.29, 0.717) is 17.8 Å². The standard InChI is InChI=1S/C18H21BN2O/c1-17(2,3)12-6-7-18(9-12)10-15(21-11-20)14-8-13(19)4-5-16(14)22-18/h4-5,8,12H,6-7,9-10H2,1-3H3. The van der Waals surface area contributed by atoms with Crippen LogP contribution in [0.25, 0.3) is 0 Å². The Hall–Kier alpha value is -1.76. The highest BCUT2D eigenvalue weighted by atomic mass is 16.5. The van der Waals surface area contributed by atoms with Gasteiger partial charge in [-0.3, -0.25) is 0 Å². The van der Waals surface area contributed by atoms with Crippen molar-refractivity contribution in [2.75, 3.05) is 0 Å². The lowest BCUT2D eigenvalue weighted by Gasteiger charge is -2.37. The predicted octanol–water partition coefficient (Wildman–Crippen LogP) is 3.12. The highest BCUT2D eigenvalue weighted by Crippen LogP contribution is 2.50. The summed E-state index contributed by atoms with van der Waals surface area (Å²) in [7, 11) is 5.87. The van der Waals surface area contributed by atoms with E-state index in [-0.39, 0.29) is 11.0 Å². The van der Waals surface area contributed by atoms with Gasteiger partial charge in [0, 0.05) is 12.0 Å². The maximum absolute atomic E-state index is 9.02. The molecule has 1 heterocycles. The lowest BCUT2D eigenvalue weighted by Crippen LogP contribution is -2.41. The van der Waals surface area contributed by atoms with E-state index in [1.165, 1.54) is 0 Å². The van der Waals surface area contributed by atoms with E-state index in [2.05, 4.69) is 25.8 Å². The summed E-state index contributed by atoms with van der Waals surface area (Å²) < 4.78 is 6.39. The Morgan fingerprint density at radius 2 is 2.18 bits per heavy atom. The molecule has 0 bridgehead atoms. The Morgan fingerprint density at radius 3 is 2.82 bits per heavy atom. The molecule has 0 N–H and O–H groups in total. The number of benzene rings is 1. The normalized spacial score (nSPS) is 29.2. The van der Waals surface area contributed by atoms with E-state index in [0.717, 1.165) is 36.3 Å². The molecule has 2 unspecified atom stereocenters. The van der Waals surface area contributed by atoms with Crippen molar-refractivity contribution in [1.82, 2.24) is 0 Å². The van der Waals surface area contributed by atoms with E-state index in [1.807, 2.05) is 24.4 Å². The smallest absolute Gasteiger partial charge is 0.205 e. The Kier molecular flexibility index (Phi) is 3.55. The van der Waals surface area contributed by atoms with Gasteiger partial charge in [-0.2, -0.15) is 10.3 Å². The molecule has 1 aliphatic heterocycles. The van der Waals surface area contributed by atoms with Gasteiger partial charge >= 0.3 is 0 Å². The number of rotatable bonds is 0. The Labute approximate surface area is 133 Å². The van der Waals surface area contributed by atoms with Crippen molar-refractivity contribution in [2.24, 2.45) is 16.3 Å². The molecule has 1 aromatic rings. The van der Waals surface area contributed by atoms with Crippen molar-refractivity contribution in [3.8, 4) is 11.9 Å². The van der Waals surface area contributed by atoms with Gasteiger partial charge in [-0.15, -0.1) is 0 Å². The molecule has 4 heteroatoms. The van der Waals surface area contributed by atoms with Gasteiger partial charge < -0.3 is 4.74 Å². The third-order valence-corrected chi connectivity index (χ3v) is 5.11. The molecule has 2 aliphatic rings. The Morgan fingerprint density at radius 1 is 1.41 bits per heavy atom. The van der Waals surface area contributed by atoms with E-state index < -0.39 is 0 Å². The summed E-state index contributed by atoms with van der Waals surface area (Å²) in [5, 5.41) is 9.02. The molecule has 112 valence electrons. The van der Waals surface area contributed by atoms with Crippen LogP contribution in [0.1, 0.15) is 52.0 Å². The topological polar surface area (TPSA) is 45.4 Å². The second-order valence-corrected chi connectivity index (χ2v) is 7.68. The third-order valence-electron chi connectivity index (χ3n) is 5.11. The average Bonchev–Trinajstić information content (AvgIpc) is 2.84. The van der Waals surface area contributed by atoms with Gasteiger partial charge in [0.1, 0.15) is 19.2 Å². The summed E-state index contributed by atoms with van der Waals surface area (Å²) >= 11 is 0. The van der Waals surface area contributed by atoms with Crippen LogP contribution in [-0.2, 0) is 0 Å². The molecule has 1 spiro atoms. The third kappa shape index (κ3) is 2.65. The molecular weight excluding hydrogens is 271 g/mol. The van der Waals surface area contributed by atoms with Crippen LogP contribution in [-0.4, -0.2) is 19.2 Å². The van der Waals surface area contributed by atoms with Gasteiger partial charge in [0.15, 0.2) is 0 Å². The lowest BCUT2D eigenvalue weighted by molar-refractivity contribution is 0.0649. The fourth-order valence-electron chi connectivity index (χ4n) is 3.77. The molecule has 1 aromatic carbocycles. The molecule has 0 aromatic heterocycles. The zero-order valence-electron chi connectivity index (χ0n) is 13.5. The largest absolute Gasteiger partial charge is 0.486 e. The summed E-state index contributed by atoms with van der Waals surface area (Å²) in [6, 6.07) is 5.61. The molecular formula is C18H21BN2O. The van der Waals surface area contributed by atoms with Gasteiger partial charge in [-0.1, -0.05) is 38.4 Å². The molecule has 2 atom stereocenters. The van der Waals surface area contributed by atoms with Crippen LogP contribution in [0.15, 0.2) is 23.2 Å². The fourth-order valence-corrected chi connectivity index (χ4v) is 3.77. The minimum Gasteiger partial charge on any atom is -0.486 e. The van der Waals surface area contributed by atoms with Gasteiger partial charge in [-0.05, 0) is 36.7 Å². The van der Waals surface area contributed by atoms with E-state index >= 15 is 0 Å². The molecule has 0 amide bonds. The summed E-state index contributed by atoms with van der Waals surface area (Å²) in [4.78, 5) is 4.06. The first kappa shape index (κ1) is 15.2. The second-order valence-electron chi connectivity index (χ2n) is 7.68. The van der Waals surface area contributed by atoms with Crippen molar-refractivity contribution in [3.63, 3.8) is 0 Å². The number of hydrogen-bond donors (Lipinski definition) is 0. The van der Waals surface area contributed by atoms with Crippen LogP contribution in [0.2, 0.25) is 0 Å². The van der Waals surface area contributed by atoms with Crippen LogP contribution in [0.3, 0.4) is 0 Å². The number of aliphatic imine (C=N–C) groups is 1. The molecule has 1 saturated carbocycles. The van der Waals surface area contributed by atoms with Gasteiger partial charge in [0.05, 0.1) is 5.71 Å². The fraction of sp³-hybridized carbons (Fsp3) is 0.556. The quantitative estimate of drug-likeness (QED) is 0.545. The molecule has 3 rings (SSSR count). The average molecular weight is 292 g/mol. The van der Waals surface area contributed by atoms with E-state index in [4.69, 9.17) is 17.8 Å². The zero-order valence-corrected chi connectivity index (χ0v) is 13.5. The maximum atomic E-state index is 9.02. The molecule has 2 radical (unpaired) electrons. The van der Waals surface area contributed by atoms with Crippen LogP contribution < -0.4 is 10.2 Å². The zero-order chi connectivity index (χ0) is 16.0. The van der Waals surface area contributed by atoms with Crippen molar-refractivity contribution in [1.29, 1.82) is 5.26 Å². The number of ether oxygens (including phenoxy) is 1. The molecule has 22 heavy (non-hydrogen) atoms. The van der Waals surface area contributed by atoms with Gasteiger partial charge in [-0.25, -0.2) is 0 Å². The number of nitriles is 1. The van der Waals surface area contributed by atoms with Crippen molar-refractivity contribution in [3.05, 3.63) is 23.8 Å². The second kappa shape index (κ2) is 5.16. The van der Waals surface area contributed by atoms with Gasteiger partial charge in [0.25, 0.3) is 0 Å². The Balaban J connectivity index is 1.97. The monoisotopic (exact) mass is 292 g/mol. The van der Waals surface area contributed by atoms with E-state index in [1.54, 1.807) is 0 Å². The van der Waals surface area contributed by atoms with Crippen molar-refractivity contribution < 1.29 is 4.74 Å². The summed E-state index contributed by atoms with van der Waals surface area (Å²) in [6.45, 7) is 6.87. The van der Waals surface area contributed by atoms with Gasteiger partial charge in [0.2, 0.25) is 6.19 Å². The van der Waals surface area contributed by atoms with Crippen LogP contribution in [0.5, 0.6) is 5.75 Å². The number of nitrogens with zero attached hydrogens (tertiary/aromatic N) is 2. The van der Waals surface area contributed by atoms with Crippen LogP contribution >= 0.6 is 0 Å². The Bertz CT molecular complexity index is 669. The lowest BCUT2D eigenvalue weighted by atomic mass is 9.77. The summed E-state index contributed by atoms with van der Waals surface area (Å²) in [6.07, 6.45) is 5.83. The molecule has 3 nitrogen and oxygen atoms in total. The SMILES string of the molecule is [B]c1ccc2c(c1)C(=NC#N)CC1(CCC(C(C)(C)C)C1)O2. The first-order valence-electron chi connectivity index (χ1n) is 7.88. The van der Waals surface area contributed by atoms with Crippen LogP contribution in [0.4, 0.5) is 0 Å². The number of hydrogen-bond acceptors (Lipinski definition) is 3. The molecule has 0 saturated heterocycles. The minimum absolute atomic E-state index is 0.212. The molecule has 1 fully saturated rings. The van der Waals surface area contributed by atoms with E-state index in [9.17, 15) is 0 Å². The maximum Gasteiger partial charge on any atom is 0.205 e. The highest BCUT2D eigenvalue weighted by molar-refractivity contribution is 6.33. The molecule has 1 aliphatic carbocycles. The minimum atomic E-state index is -0.212. The van der Waals surface area contributed by atoms with Crippen molar-refractivity contribution >= 4 is 19.0 Å². The first-order chi connectivity index (χ1) is 10.3.